The van der Waals surface area contributed by atoms with Crippen molar-refractivity contribution in [1.29, 1.82) is 0 Å². The normalized spacial score (nSPS) is 20.1. The second-order valence-corrected chi connectivity index (χ2v) is 6.91. The molecule has 0 aromatic heterocycles. The molecule has 2 rings (SSSR count). The number of rotatable bonds is 3. The van der Waals surface area contributed by atoms with Crippen LogP contribution in [0.3, 0.4) is 0 Å². The van der Waals surface area contributed by atoms with E-state index < -0.39 is 49.5 Å². The summed E-state index contributed by atoms with van der Waals surface area (Å²) in [7, 11) is -3.21. The number of nitrogen functional groups attached to an aromatic ring is 1. The van der Waals surface area contributed by atoms with Crippen molar-refractivity contribution in [3.05, 3.63) is 33.6 Å². The molecule has 10 heteroatoms. The van der Waals surface area contributed by atoms with Gasteiger partial charge in [0.2, 0.25) is 0 Å². The molecule has 1 aliphatic heterocycles. The maximum atomic E-state index is 13.7. The van der Waals surface area contributed by atoms with Crippen LogP contribution in [0.4, 0.5) is 15.8 Å². The van der Waals surface area contributed by atoms with Gasteiger partial charge in [0, 0.05) is 12.1 Å². The van der Waals surface area contributed by atoms with Crippen molar-refractivity contribution in [3.8, 4) is 0 Å². The molecule has 3 N–H and O–H groups in total. The summed E-state index contributed by atoms with van der Waals surface area (Å²) >= 11 is 0. The first-order chi connectivity index (χ1) is 9.71. The molecule has 21 heavy (non-hydrogen) atoms. The molecule has 1 aliphatic rings. The monoisotopic (exact) mass is 317 g/mol. The van der Waals surface area contributed by atoms with Crippen molar-refractivity contribution >= 4 is 27.1 Å². The number of hydrogen-bond donors (Lipinski definition) is 2. The van der Waals surface area contributed by atoms with E-state index in [-0.39, 0.29) is 17.9 Å². The average molecular weight is 317 g/mol. The molecule has 0 bridgehead atoms. The van der Waals surface area contributed by atoms with E-state index in [4.69, 9.17) is 5.73 Å². The van der Waals surface area contributed by atoms with Crippen LogP contribution in [0.2, 0.25) is 0 Å². The number of nitrogens with zero attached hydrogens (tertiary/aromatic N) is 1. The first-order valence-electron chi connectivity index (χ1n) is 5.95. The van der Waals surface area contributed by atoms with Crippen molar-refractivity contribution in [2.75, 3.05) is 17.2 Å². The summed E-state index contributed by atoms with van der Waals surface area (Å²) in [6.45, 7) is 0. The van der Waals surface area contributed by atoms with E-state index >= 15 is 0 Å². The molecule has 1 unspecified atom stereocenters. The quantitative estimate of drug-likeness (QED) is 0.466. The third-order valence-corrected chi connectivity index (χ3v) is 4.93. The molecule has 1 atom stereocenters. The van der Waals surface area contributed by atoms with Gasteiger partial charge >= 0.3 is 0 Å². The molecule has 0 radical (unpaired) electrons. The Balaban J connectivity index is 2.27. The molecule has 1 aromatic rings. The van der Waals surface area contributed by atoms with Crippen LogP contribution in [0.5, 0.6) is 0 Å². The van der Waals surface area contributed by atoms with E-state index in [9.17, 15) is 27.7 Å². The van der Waals surface area contributed by atoms with Crippen LogP contribution < -0.4 is 11.1 Å². The second kappa shape index (κ2) is 5.28. The lowest BCUT2D eigenvalue weighted by molar-refractivity contribution is -0.384. The van der Waals surface area contributed by atoms with Crippen LogP contribution in [0, 0.1) is 15.9 Å². The van der Waals surface area contributed by atoms with E-state index in [2.05, 4.69) is 5.32 Å². The Bertz CT molecular complexity index is 719. The molecule has 8 nitrogen and oxygen atoms in total. The van der Waals surface area contributed by atoms with Gasteiger partial charge in [-0.15, -0.1) is 0 Å². The molecule has 1 saturated heterocycles. The molecule has 1 fully saturated rings. The van der Waals surface area contributed by atoms with Crippen LogP contribution in [-0.4, -0.2) is 36.8 Å². The van der Waals surface area contributed by atoms with Gasteiger partial charge in [-0.3, -0.25) is 14.9 Å². The van der Waals surface area contributed by atoms with Gasteiger partial charge in [0.15, 0.2) is 9.84 Å². The molecular weight excluding hydrogens is 305 g/mol. The van der Waals surface area contributed by atoms with Crippen molar-refractivity contribution in [2.24, 2.45) is 0 Å². The second-order valence-electron chi connectivity index (χ2n) is 4.69. The minimum atomic E-state index is -3.21. The van der Waals surface area contributed by atoms with E-state index in [1.807, 2.05) is 0 Å². The van der Waals surface area contributed by atoms with Gasteiger partial charge in [-0.1, -0.05) is 0 Å². The Hall–Kier alpha value is -2.23. The summed E-state index contributed by atoms with van der Waals surface area (Å²) in [5.74, 6) is -2.27. The Kier molecular flexibility index (Phi) is 3.81. The average Bonchev–Trinajstić information content (AvgIpc) is 2.68. The maximum Gasteiger partial charge on any atom is 0.293 e. The number of nitro benzene ring substituents is 1. The van der Waals surface area contributed by atoms with Gasteiger partial charge in [-0.25, -0.2) is 12.8 Å². The number of amides is 1. The number of benzene rings is 1. The zero-order chi connectivity index (χ0) is 15.8. The van der Waals surface area contributed by atoms with E-state index in [0.717, 1.165) is 12.1 Å². The number of nitro groups is 1. The standard InChI is InChI=1S/C11H12FN3O5S/c12-7-1-2-8(15(17)18)10(13)9(7)11(16)14-6-3-4-21(19,20)5-6/h1-2,6H,3-5,13H2,(H,14,16). The lowest BCUT2D eigenvalue weighted by Gasteiger charge is -2.12. The SMILES string of the molecule is Nc1c([N+](=O)[O-])ccc(F)c1C(=O)NC1CCS(=O)(=O)C1. The van der Waals surface area contributed by atoms with Gasteiger partial charge in [-0.05, 0) is 12.5 Å². The highest BCUT2D eigenvalue weighted by Gasteiger charge is 2.31. The molecule has 0 saturated carbocycles. The predicted molar refractivity (Wildman–Crippen MR) is 72.0 cm³/mol. The minimum Gasteiger partial charge on any atom is -0.392 e. The summed E-state index contributed by atoms with van der Waals surface area (Å²) in [6.07, 6.45) is 0.213. The zero-order valence-corrected chi connectivity index (χ0v) is 11.5. The third kappa shape index (κ3) is 3.10. The number of halogens is 1. The number of hydrogen-bond acceptors (Lipinski definition) is 6. The van der Waals surface area contributed by atoms with Crippen molar-refractivity contribution < 1.29 is 22.5 Å². The summed E-state index contributed by atoms with van der Waals surface area (Å²) in [5.41, 5.74) is 3.64. The van der Waals surface area contributed by atoms with E-state index in [0.29, 0.717) is 0 Å². The number of sulfone groups is 1. The fourth-order valence-electron chi connectivity index (χ4n) is 2.14. The van der Waals surface area contributed by atoms with Crippen LogP contribution in [-0.2, 0) is 9.84 Å². The molecule has 1 heterocycles. The lowest BCUT2D eigenvalue weighted by atomic mass is 10.1. The zero-order valence-electron chi connectivity index (χ0n) is 10.7. The van der Waals surface area contributed by atoms with Gasteiger partial charge in [0.1, 0.15) is 17.1 Å². The molecule has 114 valence electrons. The number of carbonyl (C=O) groups is 1. The molecule has 1 aromatic carbocycles. The predicted octanol–water partition coefficient (Wildman–Crippen LogP) is 0.233. The Morgan fingerprint density at radius 3 is 2.67 bits per heavy atom. The summed E-state index contributed by atoms with van der Waals surface area (Å²) in [4.78, 5) is 21.9. The van der Waals surface area contributed by atoms with Gasteiger partial charge in [-0.2, -0.15) is 0 Å². The smallest absolute Gasteiger partial charge is 0.293 e. The number of nitrogens with one attached hydrogen (secondary N) is 1. The van der Waals surface area contributed by atoms with Gasteiger partial charge in [0.25, 0.3) is 11.6 Å². The molecular formula is C11H12FN3O5S. The maximum absolute atomic E-state index is 13.7. The first kappa shape index (κ1) is 15.2. The van der Waals surface area contributed by atoms with Crippen LogP contribution in [0.15, 0.2) is 12.1 Å². The summed E-state index contributed by atoms with van der Waals surface area (Å²) < 4.78 is 36.3. The fourth-order valence-corrected chi connectivity index (χ4v) is 3.81. The Labute approximate surface area is 119 Å². The van der Waals surface area contributed by atoms with Crippen molar-refractivity contribution in [1.82, 2.24) is 5.32 Å². The minimum absolute atomic E-state index is 0.0646. The number of anilines is 1. The highest BCUT2D eigenvalue weighted by molar-refractivity contribution is 7.91. The van der Waals surface area contributed by atoms with E-state index in [1.54, 1.807) is 0 Å². The van der Waals surface area contributed by atoms with Crippen LogP contribution >= 0.6 is 0 Å². The highest BCUT2D eigenvalue weighted by atomic mass is 32.2. The lowest BCUT2D eigenvalue weighted by Crippen LogP contribution is -2.36. The highest BCUT2D eigenvalue weighted by Crippen LogP contribution is 2.27. The summed E-state index contributed by atoms with van der Waals surface area (Å²) in [6, 6.07) is 0.983. The van der Waals surface area contributed by atoms with Crippen LogP contribution in [0.25, 0.3) is 0 Å². The molecule has 0 spiro atoms. The Morgan fingerprint density at radius 2 is 2.14 bits per heavy atom. The molecule has 0 aliphatic carbocycles. The molecule has 1 amide bonds. The Morgan fingerprint density at radius 1 is 1.48 bits per heavy atom. The van der Waals surface area contributed by atoms with Crippen LogP contribution in [0.1, 0.15) is 16.8 Å². The van der Waals surface area contributed by atoms with Crippen molar-refractivity contribution in [3.63, 3.8) is 0 Å². The fraction of sp³-hybridized carbons (Fsp3) is 0.364. The van der Waals surface area contributed by atoms with Gasteiger partial charge < -0.3 is 11.1 Å². The number of nitrogens with two attached hydrogens (primary N) is 1. The number of carbonyl (C=O) groups excluding carboxylic acids is 1. The topological polar surface area (TPSA) is 132 Å². The third-order valence-electron chi connectivity index (χ3n) is 3.16. The first-order valence-corrected chi connectivity index (χ1v) is 7.77. The largest absolute Gasteiger partial charge is 0.392 e. The van der Waals surface area contributed by atoms with Gasteiger partial charge in [0.05, 0.1) is 16.4 Å². The summed E-state index contributed by atoms with van der Waals surface area (Å²) in [5, 5.41) is 13.1. The van der Waals surface area contributed by atoms with E-state index in [1.165, 1.54) is 0 Å². The van der Waals surface area contributed by atoms with Crippen molar-refractivity contribution in [2.45, 2.75) is 12.5 Å².